The van der Waals surface area contributed by atoms with Crippen molar-refractivity contribution in [3.63, 3.8) is 0 Å². The number of carbonyl (C=O) groups is 3. The van der Waals surface area contributed by atoms with E-state index >= 15 is 0 Å². The van der Waals surface area contributed by atoms with E-state index in [9.17, 15) is 65.4 Å². The van der Waals surface area contributed by atoms with Crippen LogP contribution in [0.25, 0.3) is 0 Å². The Bertz CT molecular complexity index is 1330. The lowest BCUT2D eigenvalue weighted by Gasteiger charge is -2.49. The SMILES string of the molecule is CC(=O)N[C@H]1[C@H](O[C@@H]2[C@@H](OC[C@H](NC(=O)OCc3ccccc3)C(=O)O)O[C@H](CO)[C@@H](O)[C@@H]2O)O[C@H](CO)[C@@H](O[C@@H]2O[C@H](CO)[C@H](O)[C@H](O)[C@H]2O)[C@@H]1O. The van der Waals surface area contributed by atoms with Gasteiger partial charge in [-0.2, -0.15) is 0 Å². The van der Waals surface area contributed by atoms with Crippen molar-refractivity contribution in [2.75, 3.05) is 26.4 Å². The summed E-state index contributed by atoms with van der Waals surface area (Å²) in [4.78, 5) is 36.6. The van der Waals surface area contributed by atoms with Crippen molar-refractivity contribution in [3.8, 4) is 0 Å². The number of carbonyl (C=O) groups excluding carboxylic acids is 2. The van der Waals surface area contributed by atoms with Gasteiger partial charge in [-0.1, -0.05) is 30.3 Å². The van der Waals surface area contributed by atoms with E-state index in [-0.39, 0.29) is 6.61 Å². The number of hydrogen-bond acceptors (Lipinski definition) is 19. The normalized spacial score (nSPS) is 38.0. The molecular weight excluding hydrogens is 720 g/mol. The number of nitrogens with one attached hydrogen (secondary N) is 2. The number of amides is 2. The van der Waals surface area contributed by atoms with Crippen LogP contribution < -0.4 is 10.6 Å². The van der Waals surface area contributed by atoms with Gasteiger partial charge in [0.05, 0.1) is 26.4 Å². The first-order valence-corrected chi connectivity index (χ1v) is 16.5. The summed E-state index contributed by atoms with van der Waals surface area (Å²) < 4.78 is 38.8. The lowest BCUT2D eigenvalue weighted by molar-refractivity contribution is -0.372. The molecule has 3 aliphatic heterocycles. The van der Waals surface area contributed by atoms with Crippen molar-refractivity contribution in [1.29, 1.82) is 0 Å². The molecule has 0 saturated carbocycles. The van der Waals surface area contributed by atoms with E-state index in [1.807, 2.05) is 0 Å². The molecule has 53 heavy (non-hydrogen) atoms. The summed E-state index contributed by atoms with van der Waals surface area (Å²) in [5, 5.41) is 107. The smallest absolute Gasteiger partial charge is 0.408 e. The van der Waals surface area contributed by atoms with Gasteiger partial charge in [0.15, 0.2) is 24.9 Å². The molecule has 0 radical (unpaired) electrons. The largest absolute Gasteiger partial charge is 0.480 e. The van der Waals surface area contributed by atoms with Crippen molar-refractivity contribution < 1.29 is 98.6 Å². The van der Waals surface area contributed by atoms with E-state index in [1.54, 1.807) is 30.3 Å². The Hall–Kier alpha value is -3.17. The quantitative estimate of drug-likeness (QED) is 0.0790. The minimum absolute atomic E-state index is 0.185. The minimum Gasteiger partial charge on any atom is -0.480 e. The summed E-state index contributed by atoms with van der Waals surface area (Å²) in [7, 11) is 0. The third-order valence-electron chi connectivity index (χ3n) is 8.71. The molecule has 0 spiro atoms. The fourth-order valence-electron chi connectivity index (χ4n) is 5.84. The van der Waals surface area contributed by atoms with Crippen LogP contribution in [0.15, 0.2) is 30.3 Å². The standard InChI is InChI=1S/C31H46N2O20/c1-12(37)32-18-21(40)25(52-29-24(43)22(41)19(38)15(7-34)49-29)17(9-36)51-28(18)53-26-23(42)20(39)16(8-35)50-30(26)47-11-14(27(44)45)33-31(46)48-10-13-5-3-2-4-6-13/h2-6,14-26,28-30,34-36,38-43H,7-11H2,1H3,(H,32,37)(H,33,46)(H,44,45)/t14-,15+,16+,17+,18+,19-,20+,21+,22-,23-,24+,25+,26-,28-,29-,30-/m0/s1. The highest BCUT2D eigenvalue weighted by atomic mass is 16.8. The van der Waals surface area contributed by atoms with Gasteiger partial charge in [0.2, 0.25) is 5.91 Å². The zero-order valence-electron chi connectivity index (χ0n) is 28.2. The average molecular weight is 767 g/mol. The number of benzene rings is 1. The molecule has 22 nitrogen and oxygen atoms in total. The second-order valence-electron chi connectivity index (χ2n) is 12.5. The molecule has 0 aromatic heterocycles. The lowest BCUT2D eigenvalue weighted by atomic mass is 9.94. The molecule has 2 amide bonds. The number of alkyl carbamates (subject to hydrolysis) is 1. The first kappa shape index (κ1) is 42.6. The molecule has 0 aliphatic carbocycles. The molecule has 1 aromatic rings. The van der Waals surface area contributed by atoms with E-state index in [1.165, 1.54) is 0 Å². The fraction of sp³-hybridized carbons (Fsp3) is 0.710. The van der Waals surface area contributed by atoms with Crippen molar-refractivity contribution >= 4 is 18.0 Å². The van der Waals surface area contributed by atoms with E-state index in [2.05, 4.69) is 10.6 Å². The first-order chi connectivity index (χ1) is 25.2. The molecule has 3 fully saturated rings. The Balaban J connectivity index is 1.51. The highest BCUT2D eigenvalue weighted by Crippen LogP contribution is 2.33. The Morgan fingerprint density at radius 2 is 1.28 bits per heavy atom. The van der Waals surface area contributed by atoms with Gasteiger partial charge in [0.25, 0.3) is 0 Å². The number of carboxylic acid groups (broad SMARTS) is 1. The van der Waals surface area contributed by atoms with E-state index < -0.39 is 142 Å². The Morgan fingerprint density at radius 1 is 0.717 bits per heavy atom. The molecule has 12 N–H and O–H groups in total. The molecular formula is C31H46N2O20. The number of aliphatic hydroxyl groups is 9. The summed E-state index contributed by atoms with van der Waals surface area (Å²) >= 11 is 0. The summed E-state index contributed by atoms with van der Waals surface area (Å²) in [6.07, 6.45) is -25.7. The summed E-state index contributed by atoms with van der Waals surface area (Å²) in [5.41, 5.74) is 0.617. The second kappa shape index (κ2) is 19.4. The van der Waals surface area contributed by atoms with Crippen LogP contribution in [0.1, 0.15) is 12.5 Å². The molecule has 4 rings (SSSR count). The van der Waals surface area contributed by atoms with E-state index in [0.717, 1.165) is 6.92 Å². The van der Waals surface area contributed by atoms with Crippen LogP contribution in [-0.4, -0.2) is 194 Å². The predicted octanol–water partition coefficient (Wildman–Crippen LogP) is -6.03. The topological polar surface area (TPSA) is 342 Å². The number of aliphatic carboxylic acids is 1. The van der Waals surface area contributed by atoms with Gasteiger partial charge in [-0.15, -0.1) is 0 Å². The second-order valence-corrected chi connectivity index (χ2v) is 12.5. The average Bonchev–Trinajstić information content (AvgIpc) is 3.14. The molecule has 0 unspecified atom stereocenters. The maximum absolute atomic E-state index is 12.4. The number of ether oxygens (including phenoxy) is 7. The predicted molar refractivity (Wildman–Crippen MR) is 168 cm³/mol. The fourth-order valence-corrected chi connectivity index (χ4v) is 5.84. The Kier molecular flexibility index (Phi) is 15.6. The number of hydrogen-bond donors (Lipinski definition) is 12. The maximum Gasteiger partial charge on any atom is 0.408 e. The molecule has 3 saturated heterocycles. The minimum atomic E-state index is -1.97. The maximum atomic E-state index is 12.4. The first-order valence-electron chi connectivity index (χ1n) is 16.5. The number of carboxylic acids is 1. The van der Waals surface area contributed by atoms with E-state index in [4.69, 9.17) is 33.2 Å². The van der Waals surface area contributed by atoms with Crippen molar-refractivity contribution in [2.24, 2.45) is 0 Å². The summed E-state index contributed by atoms with van der Waals surface area (Å²) in [5.74, 6) is -2.33. The molecule has 16 atom stereocenters. The van der Waals surface area contributed by atoms with Crippen molar-refractivity contribution in [2.45, 2.75) is 112 Å². The van der Waals surface area contributed by atoms with Crippen LogP contribution in [0.2, 0.25) is 0 Å². The van der Waals surface area contributed by atoms with Crippen LogP contribution in [0.4, 0.5) is 4.79 Å². The van der Waals surface area contributed by atoms with Gasteiger partial charge in [-0.05, 0) is 5.56 Å². The zero-order chi connectivity index (χ0) is 39.0. The van der Waals surface area contributed by atoms with Gasteiger partial charge in [-0.3, -0.25) is 4.79 Å². The van der Waals surface area contributed by atoms with Crippen molar-refractivity contribution in [3.05, 3.63) is 35.9 Å². The summed E-state index contributed by atoms with van der Waals surface area (Å²) in [6.45, 7) is -2.55. The molecule has 3 aliphatic rings. The summed E-state index contributed by atoms with van der Waals surface area (Å²) in [6, 6.07) is 5.10. The van der Waals surface area contributed by atoms with Gasteiger partial charge < -0.3 is 94.9 Å². The highest BCUT2D eigenvalue weighted by Gasteiger charge is 2.54. The third kappa shape index (κ3) is 10.5. The highest BCUT2D eigenvalue weighted by molar-refractivity contribution is 5.80. The zero-order valence-corrected chi connectivity index (χ0v) is 28.2. The van der Waals surface area contributed by atoms with Crippen molar-refractivity contribution in [1.82, 2.24) is 10.6 Å². The Labute approximate surface area is 301 Å². The third-order valence-corrected chi connectivity index (χ3v) is 8.71. The monoisotopic (exact) mass is 766 g/mol. The van der Waals surface area contributed by atoms with Crippen LogP contribution in [0.5, 0.6) is 0 Å². The van der Waals surface area contributed by atoms with Gasteiger partial charge >= 0.3 is 12.1 Å². The van der Waals surface area contributed by atoms with Crippen LogP contribution in [0.3, 0.4) is 0 Å². The van der Waals surface area contributed by atoms with Crippen LogP contribution >= 0.6 is 0 Å². The molecule has 1 aromatic carbocycles. The van der Waals surface area contributed by atoms with Crippen LogP contribution in [-0.2, 0) is 49.4 Å². The van der Waals surface area contributed by atoms with Gasteiger partial charge in [0.1, 0.15) is 79.8 Å². The number of aliphatic hydroxyl groups excluding tert-OH is 9. The van der Waals surface area contributed by atoms with Gasteiger partial charge in [-0.25, -0.2) is 9.59 Å². The molecule has 300 valence electrons. The molecule has 0 bridgehead atoms. The lowest BCUT2D eigenvalue weighted by Crippen LogP contribution is -2.69. The van der Waals surface area contributed by atoms with E-state index in [0.29, 0.717) is 5.56 Å². The van der Waals surface area contributed by atoms with Gasteiger partial charge in [0, 0.05) is 6.92 Å². The Morgan fingerprint density at radius 3 is 1.87 bits per heavy atom. The van der Waals surface area contributed by atoms with Crippen LogP contribution in [0, 0.1) is 0 Å². The molecule has 22 heteroatoms. The molecule has 3 heterocycles. The number of rotatable bonds is 15.